The Morgan fingerprint density at radius 1 is 1.13 bits per heavy atom. The minimum Gasteiger partial charge on any atom is -0.267 e. The number of amides is 1. The van der Waals surface area contributed by atoms with Gasteiger partial charge >= 0.3 is 0 Å². The zero-order valence-corrected chi connectivity index (χ0v) is 13.2. The lowest BCUT2D eigenvalue weighted by molar-refractivity contribution is 0.0954. The van der Waals surface area contributed by atoms with Crippen molar-refractivity contribution in [3.05, 3.63) is 83.7 Å². The number of carbonyl (C=O) groups is 1. The molecule has 0 fully saturated rings. The Balaban J connectivity index is 1.87. The normalized spacial score (nSPS) is 12.0. The molecule has 0 bridgehead atoms. The van der Waals surface area contributed by atoms with Crippen LogP contribution in [0.2, 0.25) is 0 Å². The zero-order chi connectivity index (χ0) is 16.5. The number of nitrogens with one attached hydrogen (secondary N) is 1. The van der Waals surface area contributed by atoms with Crippen LogP contribution in [-0.4, -0.2) is 16.6 Å². The van der Waals surface area contributed by atoms with Crippen LogP contribution in [0.25, 0.3) is 6.08 Å². The summed E-state index contributed by atoms with van der Waals surface area (Å²) in [5.41, 5.74) is 5.70. The van der Waals surface area contributed by atoms with Gasteiger partial charge in [-0.25, -0.2) is 5.43 Å². The summed E-state index contributed by atoms with van der Waals surface area (Å²) in [6, 6.07) is 13.5. The molecule has 1 amide bonds. The molecule has 0 spiro atoms. The number of hydrogen-bond donors (Lipinski definition) is 1. The van der Waals surface area contributed by atoms with Crippen LogP contribution in [-0.2, 0) is 0 Å². The number of benzene rings is 1. The Kier molecular flexibility index (Phi) is 6.00. The summed E-state index contributed by atoms with van der Waals surface area (Å²) in [6.07, 6.45) is 9.17. The molecule has 0 saturated heterocycles. The van der Waals surface area contributed by atoms with Gasteiger partial charge in [-0.1, -0.05) is 48.6 Å². The average molecular weight is 305 g/mol. The van der Waals surface area contributed by atoms with E-state index in [1.807, 2.05) is 68.5 Å². The van der Waals surface area contributed by atoms with Crippen LogP contribution in [0.1, 0.15) is 28.5 Å². The van der Waals surface area contributed by atoms with Crippen molar-refractivity contribution in [3.63, 3.8) is 0 Å². The maximum absolute atomic E-state index is 11.9. The van der Waals surface area contributed by atoms with Gasteiger partial charge in [0.05, 0.1) is 11.3 Å². The Labute approximate surface area is 136 Å². The summed E-state index contributed by atoms with van der Waals surface area (Å²) in [5, 5.41) is 4.04. The number of nitrogens with zero attached hydrogens (tertiary/aromatic N) is 2. The molecular formula is C19H19N3O. The van der Waals surface area contributed by atoms with E-state index >= 15 is 0 Å². The van der Waals surface area contributed by atoms with Gasteiger partial charge in [0.2, 0.25) is 0 Å². The molecule has 2 rings (SSSR count). The first kappa shape index (κ1) is 16.4. The highest BCUT2D eigenvalue weighted by atomic mass is 16.2. The molecule has 1 aromatic heterocycles. The molecule has 0 aliphatic rings. The van der Waals surface area contributed by atoms with Gasteiger partial charge < -0.3 is 0 Å². The van der Waals surface area contributed by atoms with Gasteiger partial charge in [0.1, 0.15) is 0 Å². The molecule has 4 heteroatoms. The minimum absolute atomic E-state index is 0.273. The minimum atomic E-state index is -0.273. The van der Waals surface area contributed by atoms with Crippen LogP contribution in [0, 0.1) is 6.92 Å². The van der Waals surface area contributed by atoms with E-state index in [2.05, 4.69) is 15.5 Å². The fraction of sp³-hybridized carbons (Fsp3) is 0.105. The zero-order valence-electron chi connectivity index (χ0n) is 13.2. The van der Waals surface area contributed by atoms with Crippen molar-refractivity contribution in [3.8, 4) is 0 Å². The first-order valence-electron chi connectivity index (χ1n) is 7.32. The van der Waals surface area contributed by atoms with E-state index in [1.165, 1.54) is 6.20 Å². The van der Waals surface area contributed by atoms with Crippen molar-refractivity contribution in [2.24, 2.45) is 5.10 Å². The molecular weight excluding hydrogens is 286 g/mol. The van der Waals surface area contributed by atoms with Gasteiger partial charge in [-0.15, -0.1) is 0 Å². The fourth-order valence-corrected chi connectivity index (χ4v) is 1.77. The van der Waals surface area contributed by atoms with Crippen molar-refractivity contribution in [2.45, 2.75) is 13.8 Å². The van der Waals surface area contributed by atoms with Crippen molar-refractivity contribution < 1.29 is 4.79 Å². The van der Waals surface area contributed by atoms with Crippen LogP contribution in [0.15, 0.2) is 72.0 Å². The Hall–Kier alpha value is -3.01. The highest BCUT2D eigenvalue weighted by Crippen LogP contribution is 2.01. The Bertz CT molecular complexity index is 729. The van der Waals surface area contributed by atoms with E-state index in [0.29, 0.717) is 11.3 Å². The molecule has 0 saturated carbocycles. The lowest BCUT2D eigenvalue weighted by atomic mass is 10.2. The number of rotatable bonds is 5. The number of hydrogen-bond acceptors (Lipinski definition) is 3. The van der Waals surface area contributed by atoms with Crippen LogP contribution < -0.4 is 5.43 Å². The monoisotopic (exact) mass is 305 g/mol. The number of hydrazone groups is 1. The molecule has 0 radical (unpaired) electrons. The maximum atomic E-state index is 11.9. The standard InChI is InChI=1S/C19H19N3O/c1-15-12-13-18(14-20-15)19(23)22-21-16(2)8-6-7-11-17-9-4-3-5-10-17/h3-14H,1-2H3,(H,22,23)/b8-6+,11-7+,21-16+. The van der Waals surface area contributed by atoms with Crippen LogP contribution in [0.3, 0.4) is 0 Å². The number of carbonyl (C=O) groups excluding carboxylic acids is 1. The fourth-order valence-electron chi connectivity index (χ4n) is 1.77. The number of aryl methyl sites for hydroxylation is 1. The molecule has 4 nitrogen and oxygen atoms in total. The number of aromatic nitrogens is 1. The second-order valence-electron chi connectivity index (χ2n) is 5.01. The summed E-state index contributed by atoms with van der Waals surface area (Å²) in [5.74, 6) is -0.273. The summed E-state index contributed by atoms with van der Waals surface area (Å²) in [4.78, 5) is 16.0. The van der Waals surface area contributed by atoms with Gasteiger partial charge in [-0.3, -0.25) is 9.78 Å². The molecule has 2 aromatic rings. The van der Waals surface area contributed by atoms with Gasteiger partial charge in [0.15, 0.2) is 0 Å². The second kappa shape index (κ2) is 8.44. The number of pyridine rings is 1. The first-order chi connectivity index (χ1) is 11.1. The quantitative estimate of drug-likeness (QED) is 0.519. The van der Waals surface area contributed by atoms with Crippen LogP contribution >= 0.6 is 0 Å². The lowest BCUT2D eigenvalue weighted by Crippen LogP contribution is -2.18. The third-order valence-corrected chi connectivity index (χ3v) is 3.04. The Morgan fingerprint density at radius 2 is 1.91 bits per heavy atom. The van der Waals surface area contributed by atoms with Crippen molar-refractivity contribution in [1.29, 1.82) is 0 Å². The SMILES string of the molecule is CC(/C=C/C=C/c1ccccc1)=N\NC(=O)c1ccc(C)nc1. The third-order valence-electron chi connectivity index (χ3n) is 3.04. The average Bonchev–Trinajstić information content (AvgIpc) is 2.58. The van der Waals surface area contributed by atoms with E-state index in [4.69, 9.17) is 0 Å². The van der Waals surface area contributed by atoms with E-state index < -0.39 is 0 Å². The topological polar surface area (TPSA) is 54.4 Å². The molecule has 116 valence electrons. The van der Waals surface area contributed by atoms with Gasteiger partial charge in [0, 0.05) is 11.9 Å². The Morgan fingerprint density at radius 3 is 2.61 bits per heavy atom. The predicted octanol–water partition coefficient (Wildman–Crippen LogP) is 3.77. The summed E-state index contributed by atoms with van der Waals surface area (Å²) >= 11 is 0. The summed E-state index contributed by atoms with van der Waals surface area (Å²) in [6.45, 7) is 3.69. The molecule has 1 heterocycles. The van der Waals surface area contributed by atoms with Crippen LogP contribution in [0.5, 0.6) is 0 Å². The lowest BCUT2D eigenvalue weighted by Gasteiger charge is -2.00. The largest absolute Gasteiger partial charge is 0.272 e. The molecule has 0 unspecified atom stereocenters. The number of allylic oxidation sites excluding steroid dienone is 3. The van der Waals surface area contributed by atoms with E-state index in [0.717, 1.165) is 11.3 Å². The second-order valence-corrected chi connectivity index (χ2v) is 5.01. The van der Waals surface area contributed by atoms with Crippen molar-refractivity contribution >= 4 is 17.7 Å². The maximum Gasteiger partial charge on any atom is 0.272 e. The molecule has 23 heavy (non-hydrogen) atoms. The van der Waals surface area contributed by atoms with E-state index in [1.54, 1.807) is 12.1 Å². The first-order valence-corrected chi connectivity index (χ1v) is 7.32. The summed E-state index contributed by atoms with van der Waals surface area (Å²) < 4.78 is 0. The van der Waals surface area contributed by atoms with Gasteiger partial charge in [-0.2, -0.15) is 5.10 Å². The van der Waals surface area contributed by atoms with E-state index in [9.17, 15) is 4.79 Å². The van der Waals surface area contributed by atoms with Crippen molar-refractivity contribution in [1.82, 2.24) is 10.4 Å². The molecule has 1 aromatic carbocycles. The highest BCUT2D eigenvalue weighted by molar-refractivity contribution is 5.97. The van der Waals surface area contributed by atoms with Gasteiger partial charge in [-0.05, 0) is 37.6 Å². The van der Waals surface area contributed by atoms with Gasteiger partial charge in [0.25, 0.3) is 5.91 Å². The van der Waals surface area contributed by atoms with Crippen molar-refractivity contribution in [2.75, 3.05) is 0 Å². The molecule has 0 atom stereocenters. The summed E-state index contributed by atoms with van der Waals surface area (Å²) in [7, 11) is 0. The molecule has 0 aliphatic carbocycles. The molecule has 0 aliphatic heterocycles. The smallest absolute Gasteiger partial charge is 0.267 e. The van der Waals surface area contributed by atoms with E-state index in [-0.39, 0.29) is 5.91 Å². The third kappa shape index (κ3) is 5.71. The highest BCUT2D eigenvalue weighted by Gasteiger charge is 2.03. The van der Waals surface area contributed by atoms with Crippen LogP contribution in [0.4, 0.5) is 0 Å². The molecule has 1 N–H and O–H groups in total. The predicted molar refractivity (Wildman–Crippen MR) is 94.2 cm³/mol.